The number of rotatable bonds is 12. The lowest BCUT2D eigenvalue weighted by atomic mass is 9.85. The Morgan fingerprint density at radius 1 is 0.950 bits per heavy atom. The first kappa shape index (κ1) is 30.5. The molecule has 7 heteroatoms. The third-order valence-corrected chi connectivity index (χ3v) is 7.14. The van der Waals surface area contributed by atoms with Gasteiger partial charge in [0.15, 0.2) is 0 Å². The van der Waals surface area contributed by atoms with E-state index in [-0.39, 0.29) is 18.4 Å². The highest BCUT2D eigenvalue weighted by molar-refractivity contribution is 5.90. The highest BCUT2D eigenvalue weighted by atomic mass is 16.4. The molecule has 3 unspecified atom stereocenters. The minimum atomic E-state index is -1.04. The van der Waals surface area contributed by atoms with Gasteiger partial charge in [-0.1, -0.05) is 75.4 Å². The molecule has 7 nitrogen and oxygen atoms in total. The molecule has 0 fully saturated rings. The second kappa shape index (κ2) is 13.9. The van der Waals surface area contributed by atoms with E-state index < -0.39 is 29.3 Å². The van der Waals surface area contributed by atoms with Gasteiger partial charge in [-0.25, -0.2) is 0 Å². The van der Waals surface area contributed by atoms with Gasteiger partial charge in [-0.3, -0.25) is 19.4 Å². The van der Waals surface area contributed by atoms with E-state index in [2.05, 4.69) is 52.9 Å². The van der Waals surface area contributed by atoms with Crippen molar-refractivity contribution < 1.29 is 19.5 Å². The van der Waals surface area contributed by atoms with Crippen molar-refractivity contribution in [2.24, 2.45) is 11.3 Å². The van der Waals surface area contributed by atoms with Crippen LogP contribution in [-0.4, -0.2) is 33.9 Å². The van der Waals surface area contributed by atoms with Gasteiger partial charge in [0.2, 0.25) is 11.8 Å². The quantitative estimate of drug-likeness (QED) is 0.264. The van der Waals surface area contributed by atoms with E-state index in [1.807, 2.05) is 52.0 Å². The number of nitrogens with one attached hydrogen (secondary N) is 2. The first-order chi connectivity index (χ1) is 19.0. The van der Waals surface area contributed by atoms with Crippen molar-refractivity contribution in [1.82, 2.24) is 15.6 Å². The molecule has 1 heterocycles. The van der Waals surface area contributed by atoms with Crippen molar-refractivity contribution in [2.45, 2.75) is 72.4 Å². The lowest BCUT2D eigenvalue weighted by molar-refractivity contribution is -0.142. The molecular weight excluding hydrogens is 502 g/mol. The number of carbonyl (C=O) groups is 3. The van der Waals surface area contributed by atoms with Gasteiger partial charge in [0, 0.05) is 18.3 Å². The average Bonchev–Trinajstić information content (AvgIpc) is 2.91. The maximum Gasteiger partial charge on any atom is 0.304 e. The average molecular weight is 544 g/mol. The van der Waals surface area contributed by atoms with Gasteiger partial charge < -0.3 is 15.7 Å². The largest absolute Gasteiger partial charge is 0.481 e. The lowest BCUT2D eigenvalue weighted by Crippen LogP contribution is -2.55. The predicted octanol–water partition coefficient (Wildman–Crippen LogP) is 5.88. The minimum Gasteiger partial charge on any atom is -0.481 e. The molecule has 0 aliphatic carbocycles. The summed E-state index contributed by atoms with van der Waals surface area (Å²) in [4.78, 5) is 42.3. The van der Waals surface area contributed by atoms with Crippen LogP contribution < -0.4 is 10.6 Å². The fourth-order valence-corrected chi connectivity index (χ4v) is 4.86. The number of carbonyl (C=O) groups excluding carboxylic acids is 2. The van der Waals surface area contributed by atoms with E-state index in [1.54, 1.807) is 18.5 Å². The summed E-state index contributed by atoms with van der Waals surface area (Å²) in [6.07, 6.45) is 4.85. The van der Waals surface area contributed by atoms with Crippen LogP contribution >= 0.6 is 0 Å². The first-order valence-electron chi connectivity index (χ1n) is 13.8. The normalized spacial score (nSPS) is 13.6. The van der Waals surface area contributed by atoms with E-state index in [9.17, 15) is 19.5 Å². The van der Waals surface area contributed by atoms with Crippen LogP contribution in [0.15, 0.2) is 73.1 Å². The van der Waals surface area contributed by atoms with Crippen molar-refractivity contribution in [3.05, 3.63) is 89.7 Å². The smallest absolute Gasteiger partial charge is 0.304 e. The van der Waals surface area contributed by atoms with Crippen molar-refractivity contribution in [1.29, 1.82) is 0 Å². The summed E-state index contributed by atoms with van der Waals surface area (Å²) in [5.41, 5.74) is 4.92. The van der Waals surface area contributed by atoms with Crippen molar-refractivity contribution in [3.63, 3.8) is 0 Å². The molecular formula is C33H41N3O4. The van der Waals surface area contributed by atoms with Crippen LogP contribution in [0.5, 0.6) is 0 Å². The Kier molecular flexibility index (Phi) is 10.6. The molecule has 3 atom stereocenters. The number of aryl methyl sites for hydroxylation is 2. The Balaban J connectivity index is 1.65. The van der Waals surface area contributed by atoms with Gasteiger partial charge in [0.05, 0.1) is 12.5 Å². The van der Waals surface area contributed by atoms with Gasteiger partial charge >= 0.3 is 5.97 Å². The zero-order valence-corrected chi connectivity index (χ0v) is 24.1. The SMILES string of the molecule is Cc1cc(CCCC(CC(=O)O)C(=O)NC(C(=O)NC(C)c2cccnc2)C(C)(C)C)ccc1-c1ccccc1. The fourth-order valence-electron chi connectivity index (χ4n) is 4.86. The van der Waals surface area contributed by atoms with Crippen LogP contribution in [0.4, 0.5) is 0 Å². The predicted molar refractivity (Wildman–Crippen MR) is 157 cm³/mol. The highest BCUT2D eigenvalue weighted by Crippen LogP contribution is 2.26. The molecule has 212 valence electrons. The van der Waals surface area contributed by atoms with Crippen molar-refractivity contribution in [3.8, 4) is 11.1 Å². The van der Waals surface area contributed by atoms with Gasteiger partial charge in [0.1, 0.15) is 6.04 Å². The van der Waals surface area contributed by atoms with Gasteiger partial charge in [-0.2, -0.15) is 0 Å². The van der Waals surface area contributed by atoms with E-state index in [1.165, 1.54) is 11.1 Å². The van der Waals surface area contributed by atoms with E-state index in [0.717, 1.165) is 23.1 Å². The van der Waals surface area contributed by atoms with E-state index in [4.69, 9.17) is 0 Å². The number of nitrogens with zero attached hydrogens (tertiary/aromatic N) is 1. The molecule has 2 amide bonds. The summed E-state index contributed by atoms with van der Waals surface area (Å²) >= 11 is 0. The number of aliphatic carboxylic acids is 1. The second-order valence-corrected chi connectivity index (χ2v) is 11.5. The Labute approximate surface area is 237 Å². The molecule has 40 heavy (non-hydrogen) atoms. The summed E-state index contributed by atoms with van der Waals surface area (Å²) in [5, 5.41) is 15.3. The molecule has 0 saturated heterocycles. The number of hydrogen-bond acceptors (Lipinski definition) is 4. The van der Waals surface area contributed by atoms with Crippen molar-refractivity contribution >= 4 is 17.8 Å². The van der Waals surface area contributed by atoms with E-state index in [0.29, 0.717) is 12.8 Å². The van der Waals surface area contributed by atoms with Crippen molar-refractivity contribution in [2.75, 3.05) is 0 Å². The monoisotopic (exact) mass is 543 g/mol. The van der Waals surface area contributed by atoms with Crippen LogP contribution in [0.25, 0.3) is 11.1 Å². The maximum atomic E-state index is 13.3. The third-order valence-electron chi connectivity index (χ3n) is 7.14. The van der Waals surface area contributed by atoms with Crippen LogP contribution in [0.1, 0.15) is 69.7 Å². The Hall–Kier alpha value is -4.00. The number of hydrogen-bond donors (Lipinski definition) is 3. The van der Waals surface area contributed by atoms with Crippen LogP contribution in [0.2, 0.25) is 0 Å². The number of amides is 2. The summed E-state index contributed by atoms with van der Waals surface area (Å²) < 4.78 is 0. The Bertz CT molecular complexity index is 1290. The van der Waals surface area contributed by atoms with Crippen LogP contribution in [0, 0.1) is 18.3 Å². The van der Waals surface area contributed by atoms with Crippen LogP contribution in [0.3, 0.4) is 0 Å². The fraction of sp³-hybridized carbons (Fsp3) is 0.394. The molecule has 2 aromatic carbocycles. The number of carboxylic acid groups (broad SMARTS) is 1. The molecule has 0 saturated carbocycles. The molecule has 1 aromatic heterocycles. The van der Waals surface area contributed by atoms with Crippen LogP contribution in [-0.2, 0) is 20.8 Å². The minimum absolute atomic E-state index is 0.289. The zero-order chi connectivity index (χ0) is 29.3. The van der Waals surface area contributed by atoms with Gasteiger partial charge in [-0.05, 0) is 72.4 Å². The molecule has 0 aliphatic rings. The molecule has 0 bridgehead atoms. The maximum absolute atomic E-state index is 13.3. The summed E-state index contributed by atoms with van der Waals surface area (Å²) in [7, 11) is 0. The number of pyridine rings is 1. The standard InChI is InChI=1S/C33H41N3O4/c1-22-19-24(16-17-28(22)25-12-7-6-8-13-25)11-9-14-26(20-29(37)38)31(39)36-30(33(3,4)5)32(40)35-23(2)27-15-10-18-34-21-27/h6-8,10,12-13,15-19,21,23,26,30H,9,11,14,20H2,1-5H3,(H,35,40)(H,36,39)(H,37,38). The lowest BCUT2D eigenvalue weighted by Gasteiger charge is -2.32. The number of carboxylic acids is 1. The Morgan fingerprint density at radius 2 is 1.68 bits per heavy atom. The molecule has 3 aromatic rings. The molecule has 0 radical (unpaired) electrons. The van der Waals surface area contributed by atoms with E-state index >= 15 is 0 Å². The van der Waals surface area contributed by atoms with Gasteiger partial charge in [-0.15, -0.1) is 0 Å². The molecule has 3 N–H and O–H groups in total. The topological polar surface area (TPSA) is 108 Å². The highest BCUT2D eigenvalue weighted by Gasteiger charge is 2.35. The number of benzene rings is 2. The molecule has 3 rings (SSSR count). The molecule has 0 aliphatic heterocycles. The van der Waals surface area contributed by atoms with Gasteiger partial charge in [0.25, 0.3) is 0 Å². The molecule has 0 spiro atoms. The summed E-state index contributed by atoms with van der Waals surface area (Å²) in [5.74, 6) is -2.51. The Morgan fingerprint density at radius 3 is 2.27 bits per heavy atom. The summed E-state index contributed by atoms with van der Waals surface area (Å²) in [6, 6.07) is 19.1. The number of aromatic nitrogens is 1. The first-order valence-corrected chi connectivity index (χ1v) is 13.8. The second-order valence-electron chi connectivity index (χ2n) is 11.5. The summed E-state index contributed by atoms with van der Waals surface area (Å²) in [6.45, 7) is 9.57. The third kappa shape index (κ3) is 8.76. The zero-order valence-electron chi connectivity index (χ0n) is 24.1.